The number of nitrogens with zero attached hydrogens (tertiary/aromatic N) is 1. The van der Waals surface area contributed by atoms with Gasteiger partial charge in [-0.25, -0.2) is 4.79 Å². The number of carbonyl (C=O) groups is 2. The highest BCUT2D eigenvalue weighted by atomic mass is 16.5. The number of esters is 1. The SMILES string of the molecule is CCOC(=O)C1CCCN(C(=O)CCc2ccc3oc(=O)[nH]c3c2)C1. The molecule has 134 valence electrons. The zero-order chi connectivity index (χ0) is 17.8. The quantitative estimate of drug-likeness (QED) is 0.834. The van der Waals surface area contributed by atoms with Crippen LogP contribution in [0.1, 0.15) is 31.7 Å². The third-order valence-electron chi connectivity index (χ3n) is 4.50. The van der Waals surface area contributed by atoms with Crippen LogP contribution in [0.3, 0.4) is 0 Å². The molecule has 25 heavy (non-hydrogen) atoms. The van der Waals surface area contributed by atoms with E-state index in [0.717, 1.165) is 18.4 Å². The monoisotopic (exact) mass is 346 g/mol. The normalized spacial score (nSPS) is 17.6. The summed E-state index contributed by atoms with van der Waals surface area (Å²) in [5.41, 5.74) is 2.10. The van der Waals surface area contributed by atoms with Crippen molar-refractivity contribution in [1.29, 1.82) is 0 Å². The number of carbonyl (C=O) groups excluding carboxylic acids is 2. The number of H-pyrrole nitrogens is 1. The Morgan fingerprint density at radius 1 is 1.40 bits per heavy atom. The van der Waals surface area contributed by atoms with Gasteiger partial charge < -0.3 is 14.1 Å². The molecule has 1 atom stereocenters. The van der Waals surface area contributed by atoms with E-state index >= 15 is 0 Å². The molecular weight excluding hydrogens is 324 g/mol. The molecule has 2 heterocycles. The second-order valence-electron chi connectivity index (χ2n) is 6.28. The van der Waals surface area contributed by atoms with Crippen LogP contribution < -0.4 is 5.76 Å². The number of amides is 1. The lowest BCUT2D eigenvalue weighted by molar-refractivity contribution is -0.151. The summed E-state index contributed by atoms with van der Waals surface area (Å²) < 4.78 is 10.0. The average Bonchev–Trinajstić information content (AvgIpc) is 2.99. The largest absolute Gasteiger partial charge is 0.466 e. The van der Waals surface area contributed by atoms with Crippen LogP contribution in [0, 0.1) is 5.92 Å². The predicted octanol–water partition coefficient (Wildman–Crippen LogP) is 1.86. The van der Waals surface area contributed by atoms with Gasteiger partial charge in [-0.15, -0.1) is 0 Å². The van der Waals surface area contributed by atoms with Crippen molar-refractivity contribution in [3.63, 3.8) is 0 Å². The zero-order valence-electron chi connectivity index (χ0n) is 14.2. The number of aromatic nitrogens is 1. The Balaban J connectivity index is 1.57. The molecular formula is C18H22N2O5. The number of piperidine rings is 1. The highest BCUT2D eigenvalue weighted by molar-refractivity contribution is 5.79. The molecule has 7 heteroatoms. The van der Waals surface area contributed by atoms with E-state index in [1.54, 1.807) is 17.9 Å². The van der Waals surface area contributed by atoms with Crippen LogP contribution >= 0.6 is 0 Å². The van der Waals surface area contributed by atoms with Gasteiger partial charge in [0.15, 0.2) is 5.58 Å². The lowest BCUT2D eigenvalue weighted by Crippen LogP contribution is -2.42. The van der Waals surface area contributed by atoms with E-state index in [0.29, 0.717) is 43.6 Å². The number of hydrogen-bond acceptors (Lipinski definition) is 5. The van der Waals surface area contributed by atoms with Crippen molar-refractivity contribution < 1.29 is 18.7 Å². The van der Waals surface area contributed by atoms with Crippen LogP contribution in [0.5, 0.6) is 0 Å². The Morgan fingerprint density at radius 2 is 2.24 bits per heavy atom. The molecule has 1 fully saturated rings. The van der Waals surface area contributed by atoms with Gasteiger partial charge >= 0.3 is 11.7 Å². The molecule has 1 saturated heterocycles. The van der Waals surface area contributed by atoms with E-state index < -0.39 is 5.76 Å². The molecule has 3 rings (SSSR count). The van der Waals surface area contributed by atoms with Crippen LogP contribution in [-0.2, 0) is 20.7 Å². The van der Waals surface area contributed by atoms with Gasteiger partial charge in [-0.1, -0.05) is 6.07 Å². The third kappa shape index (κ3) is 4.10. The fraction of sp³-hybridized carbons (Fsp3) is 0.500. The van der Waals surface area contributed by atoms with Crippen molar-refractivity contribution in [2.45, 2.75) is 32.6 Å². The Morgan fingerprint density at radius 3 is 3.04 bits per heavy atom. The van der Waals surface area contributed by atoms with Crippen molar-refractivity contribution in [3.8, 4) is 0 Å². The first-order valence-electron chi connectivity index (χ1n) is 8.63. The second-order valence-corrected chi connectivity index (χ2v) is 6.28. The van der Waals surface area contributed by atoms with E-state index in [1.165, 1.54) is 0 Å². The number of nitrogens with one attached hydrogen (secondary N) is 1. The van der Waals surface area contributed by atoms with Gasteiger partial charge in [0.05, 0.1) is 18.0 Å². The van der Waals surface area contributed by atoms with Crippen LogP contribution in [0.25, 0.3) is 11.1 Å². The minimum atomic E-state index is -0.485. The van der Waals surface area contributed by atoms with Crippen LogP contribution in [-0.4, -0.2) is 41.5 Å². The fourth-order valence-electron chi connectivity index (χ4n) is 3.22. The standard InChI is InChI=1S/C18H22N2O5/c1-2-24-17(22)13-4-3-9-20(11-13)16(21)8-6-12-5-7-15-14(10-12)19-18(23)25-15/h5,7,10,13H,2-4,6,8-9,11H2,1H3,(H,19,23). The lowest BCUT2D eigenvalue weighted by Gasteiger charge is -2.31. The van der Waals surface area contributed by atoms with Gasteiger partial charge in [0.1, 0.15) is 0 Å². The molecule has 1 N–H and O–H groups in total. The van der Waals surface area contributed by atoms with Crippen molar-refractivity contribution >= 4 is 23.0 Å². The number of likely N-dealkylation sites (tertiary alicyclic amines) is 1. The number of benzene rings is 1. The number of aryl methyl sites for hydroxylation is 1. The third-order valence-corrected chi connectivity index (χ3v) is 4.50. The molecule has 1 aromatic carbocycles. The van der Waals surface area contributed by atoms with E-state index in [9.17, 15) is 14.4 Å². The number of rotatable bonds is 5. The zero-order valence-corrected chi connectivity index (χ0v) is 14.2. The van der Waals surface area contributed by atoms with Crippen molar-refractivity contribution in [2.75, 3.05) is 19.7 Å². The number of ether oxygens (including phenoxy) is 1. The maximum absolute atomic E-state index is 12.5. The summed E-state index contributed by atoms with van der Waals surface area (Å²) in [6.45, 7) is 3.27. The van der Waals surface area contributed by atoms with Crippen molar-refractivity contribution in [2.24, 2.45) is 5.92 Å². The number of aromatic amines is 1. The van der Waals surface area contributed by atoms with E-state index in [1.807, 2.05) is 12.1 Å². The number of oxazole rings is 1. The lowest BCUT2D eigenvalue weighted by atomic mass is 9.97. The van der Waals surface area contributed by atoms with Gasteiger partial charge in [-0.2, -0.15) is 0 Å². The van der Waals surface area contributed by atoms with Gasteiger partial charge in [-0.05, 0) is 43.9 Å². The summed E-state index contributed by atoms with van der Waals surface area (Å²) in [6.07, 6.45) is 2.52. The smallest absolute Gasteiger partial charge is 0.417 e. The highest BCUT2D eigenvalue weighted by Crippen LogP contribution is 2.20. The molecule has 2 aromatic rings. The Kier molecular flexibility index (Phi) is 5.21. The highest BCUT2D eigenvalue weighted by Gasteiger charge is 2.29. The molecule has 0 bridgehead atoms. The van der Waals surface area contributed by atoms with E-state index in [-0.39, 0.29) is 17.8 Å². The summed E-state index contributed by atoms with van der Waals surface area (Å²) in [7, 11) is 0. The number of hydrogen-bond donors (Lipinski definition) is 1. The van der Waals surface area contributed by atoms with Crippen LogP contribution in [0.15, 0.2) is 27.4 Å². The first kappa shape index (κ1) is 17.3. The topological polar surface area (TPSA) is 92.6 Å². The molecule has 0 radical (unpaired) electrons. The molecule has 7 nitrogen and oxygen atoms in total. The Labute approximate surface area is 144 Å². The maximum atomic E-state index is 12.5. The summed E-state index contributed by atoms with van der Waals surface area (Å²) in [6, 6.07) is 5.40. The van der Waals surface area contributed by atoms with Gasteiger partial charge in [-0.3, -0.25) is 14.6 Å². The first-order chi connectivity index (χ1) is 12.1. The summed E-state index contributed by atoms with van der Waals surface area (Å²) in [5, 5.41) is 0. The van der Waals surface area contributed by atoms with Crippen molar-refractivity contribution in [1.82, 2.24) is 9.88 Å². The summed E-state index contributed by atoms with van der Waals surface area (Å²) in [5.74, 6) is -0.879. The number of fused-ring (bicyclic) bond motifs is 1. The molecule has 1 amide bonds. The molecule has 0 saturated carbocycles. The molecule has 1 unspecified atom stereocenters. The second kappa shape index (κ2) is 7.55. The van der Waals surface area contributed by atoms with Crippen molar-refractivity contribution in [3.05, 3.63) is 34.3 Å². The average molecular weight is 346 g/mol. The maximum Gasteiger partial charge on any atom is 0.417 e. The predicted molar refractivity (Wildman–Crippen MR) is 91.1 cm³/mol. The summed E-state index contributed by atoms with van der Waals surface area (Å²) >= 11 is 0. The van der Waals surface area contributed by atoms with Gasteiger partial charge in [0, 0.05) is 19.5 Å². The summed E-state index contributed by atoms with van der Waals surface area (Å²) in [4.78, 5) is 39.9. The molecule has 0 aliphatic carbocycles. The van der Waals surface area contributed by atoms with Crippen LogP contribution in [0.2, 0.25) is 0 Å². The van der Waals surface area contributed by atoms with Crippen LogP contribution in [0.4, 0.5) is 0 Å². The minimum Gasteiger partial charge on any atom is -0.466 e. The molecule has 1 aliphatic rings. The molecule has 1 aliphatic heterocycles. The first-order valence-corrected chi connectivity index (χ1v) is 8.63. The van der Waals surface area contributed by atoms with Gasteiger partial charge in [0.2, 0.25) is 5.91 Å². The van der Waals surface area contributed by atoms with E-state index in [4.69, 9.17) is 9.15 Å². The molecule has 0 spiro atoms. The Hall–Kier alpha value is -2.57. The van der Waals surface area contributed by atoms with Gasteiger partial charge in [0.25, 0.3) is 0 Å². The fourth-order valence-corrected chi connectivity index (χ4v) is 3.22. The van der Waals surface area contributed by atoms with E-state index in [2.05, 4.69) is 4.98 Å². The minimum absolute atomic E-state index is 0.0368. The Bertz CT molecular complexity index is 822. The molecule has 1 aromatic heterocycles.